The number of sulfonamides is 1. The summed E-state index contributed by atoms with van der Waals surface area (Å²) in [7, 11) is -3.36. The second-order valence-electron chi connectivity index (χ2n) is 5.05. The van der Waals surface area contributed by atoms with Crippen molar-refractivity contribution in [1.82, 2.24) is 4.72 Å². The molecule has 0 saturated heterocycles. The standard InChI is InChI=1S/C15H27N3O2S/c1-2-12-18-21(19,20)15-9-7-14(8-10-15)17-13-6-4-3-5-11-16/h7-10,17-18H,2-6,11-13,16H2,1H3. The van der Waals surface area contributed by atoms with E-state index in [0.717, 1.165) is 44.5 Å². The molecule has 4 N–H and O–H groups in total. The molecule has 0 bridgehead atoms. The maximum absolute atomic E-state index is 11.9. The summed E-state index contributed by atoms with van der Waals surface area (Å²) in [6, 6.07) is 6.88. The molecule has 1 aromatic rings. The Balaban J connectivity index is 2.40. The van der Waals surface area contributed by atoms with Crippen molar-refractivity contribution < 1.29 is 8.42 Å². The largest absolute Gasteiger partial charge is 0.385 e. The van der Waals surface area contributed by atoms with Gasteiger partial charge in [-0.25, -0.2) is 13.1 Å². The number of anilines is 1. The van der Waals surface area contributed by atoms with Crippen LogP contribution in [0.4, 0.5) is 5.69 Å². The molecule has 6 heteroatoms. The Labute approximate surface area is 128 Å². The minimum absolute atomic E-state index is 0.310. The average Bonchev–Trinajstić information content (AvgIpc) is 2.49. The monoisotopic (exact) mass is 313 g/mol. The van der Waals surface area contributed by atoms with Crippen LogP contribution in [0.2, 0.25) is 0 Å². The molecular weight excluding hydrogens is 286 g/mol. The number of hydrogen-bond acceptors (Lipinski definition) is 4. The number of hydrogen-bond donors (Lipinski definition) is 3. The number of nitrogens with one attached hydrogen (secondary N) is 2. The van der Waals surface area contributed by atoms with Gasteiger partial charge in [0.25, 0.3) is 0 Å². The van der Waals surface area contributed by atoms with Crippen molar-refractivity contribution >= 4 is 15.7 Å². The average molecular weight is 313 g/mol. The van der Waals surface area contributed by atoms with Crippen molar-refractivity contribution in [3.8, 4) is 0 Å². The molecule has 0 aromatic heterocycles. The molecule has 5 nitrogen and oxygen atoms in total. The third kappa shape index (κ3) is 6.93. The summed E-state index contributed by atoms with van der Waals surface area (Å²) in [4.78, 5) is 0.310. The van der Waals surface area contributed by atoms with E-state index in [9.17, 15) is 8.42 Å². The second kappa shape index (κ2) is 9.76. The smallest absolute Gasteiger partial charge is 0.240 e. The van der Waals surface area contributed by atoms with Crippen molar-refractivity contribution in [3.05, 3.63) is 24.3 Å². The third-order valence-electron chi connectivity index (χ3n) is 3.17. The van der Waals surface area contributed by atoms with E-state index < -0.39 is 10.0 Å². The second-order valence-corrected chi connectivity index (χ2v) is 6.82. The van der Waals surface area contributed by atoms with Gasteiger partial charge in [-0.2, -0.15) is 0 Å². The molecule has 0 aliphatic carbocycles. The SMILES string of the molecule is CCCNS(=O)(=O)c1ccc(NCCCCCCN)cc1. The Morgan fingerprint density at radius 1 is 1.00 bits per heavy atom. The first kappa shape index (κ1) is 17.9. The van der Waals surface area contributed by atoms with Crippen molar-refractivity contribution in [3.63, 3.8) is 0 Å². The van der Waals surface area contributed by atoms with Gasteiger partial charge in [0.1, 0.15) is 0 Å². The maximum atomic E-state index is 11.9. The van der Waals surface area contributed by atoms with Crippen LogP contribution in [0.3, 0.4) is 0 Å². The van der Waals surface area contributed by atoms with Crippen LogP contribution in [-0.2, 0) is 10.0 Å². The lowest BCUT2D eigenvalue weighted by Gasteiger charge is -2.08. The molecule has 0 saturated carbocycles. The molecule has 0 fully saturated rings. The van der Waals surface area contributed by atoms with E-state index in [4.69, 9.17) is 5.73 Å². The van der Waals surface area contributed by atoms with Crippen LogP contribution < -0.4 is 15.8 Å². The molecule has 0 unspecified atom stereocenters. The number of nitrogens with two attached hydrogens (primary N) is 1. The summed E-state index contributed by atoms with van der Waals surface area (Å²) in [6.07, 6.45) is 5.29. The number of unbranched alkanes of at least 4 members (excludes halogenated alkanes) is 3. The van der Waals surface area contributed by atoms with E-state index in [1.807, 2.05) is 6.92 Å². The Bertz CT molecular complexity index is 486. The Kier molecular flexibility index (Phi) is 8.34. The highest BCUT2D eigenvalue weighted by molar-refractivity contribution is 7.89. The minimum Gasteiger partial charge on any atom is -0.385 e. The van der Waals surface area contributed by atoms with Gasteiger partial charge in [0, 0.05) is 18.8 Å². The van der Waals surface area contributed by atoms with Gasteiger partial charge in [-0.1, -0.05) is 19.8 Å². The number of rotatable bonds is 11. The minimum atomic E-state index is -3.36. The van der Waals surface area contributed by atoms with Crippen molar-refractivity contribution in [2.75, 3.05) is 25.0 Å². The molecule has 21 heavy (non-hydrogen) atoms. The van der Waals surface area contributed by atoms with Gasteiger partial charge < -0.3 is 11.1 Å². The zero-order chi connectivity index (χ0) is 15.6. The van der Waals surface area contributed by atoms with Crippen LogP contribution in [-0.4, -0.2) is 28.1 Å². The molecule has 0 atom stereocenters. The summed E-state index contributed by atoms with van der Waals surface area (Å²) in [5.74, 6) is 0. The van der Waals surface area contributed by atoms with E-state index in [1.165, 1.54) is 6.42 Å². The van der Waals surface area contributed by atoms with Crippen LogP contribution in [0.1, 0.15) is 39.0 Å². The molecule has 1 aromatic carbocycles. The zero-order valence-electron chi connectivity index (χ0n) is 12.8. The van der Waals surface area contributed by atoms with Gasteiger partial charge in [-0.05, 0) is 50.1 Å². The highest BCUT2D eigenvalue weighted by Crippen LogP contribution is 2.14. The number of benzene rings is 1. The van der Waals surface area contributed by atoms with E-state index in [1.54, 1.807) is 24.3 Å². The van der Waals surface area contributed by atoms with Gasteiger partial charge in [0.05, 0.1) is 4.90 Å². The van der Waals surface area contributed by atoms with Crippen molar-refractivity contribution in [1.29, 1.82) is 0 Å². The zero-order valence-corrected chi connectivity index (χ0v) is 13.6. The topological polar surface area (TPSA) is 84.2 Å². The molecule has 0 radical (unpaired) electrons. The van der Waals surface area contributed by atoms with Crippen LogP contribution >= 0.6 is 0 Å². The van der Waals surface area contributed by atoms with Gasteiger partial charge in [0.15, 0.2) is 0 Å². The van der Waals surface area contributed by atoms with Crippen molar-refractivity contribution in [2.24, 2.45) is 5.73 Å². The van der Waals surface area contributed by atoms with E-state index in [0.29, 0.717) is 11.4 Å². The molecule has 0 heterocycles. The molecular formula is C15H27N3O2S. The Hall–Kier alpha value is -1.11. The van der Waals surface area contributed by atoms with Gasteiger partial charge in [0.2, 0.25) is 10.0 Å². The van der Waals surface area contributed by atoms with E-state index >= 15 is 0 Å². The van der Waals surface area contributed by atoms with Crippen molar-refractivity contribution in [2.45, 2.75) is 43.9 Å². The highest BCUT2D eigenvalue weighted by Gasteiger charge is 2.12. The fraction of sp³-hybridized carbons (Fsp3) is 0.600. The summed E-state index contributed by atoms with van der Waals surface area (Å²) in [5, 5.41) is 3.30. The Morgan fingerprint density at radius 3 is 2.29 bits per heavy atom. The predicted molar refractivity (Wildman–Crippen MR) is 87.9 cm³/mol. The first-order valence-corrected chi connectivity index (χ1v) is 9.12. The van der Waals surface area contributed by atoms with Gasteiger partial charge in [-0.3, -0.25) is 0 Å². The first-order chi connectivity index (χ1) is 10.1. The molecule has 1 rings (SSSR count). The quantitative estimate of drug-likeness (QED) is 0.547. The molecule has 0 spiro atoms. The van der Waals surface area contributed by atoms with Gasteiger partial charge in [-0.15, -0.1) is 0 Å². The summed E-state index contributed by atoms with van der Waals surface area (Å²) in [6.45, 7) is 4.05. The van der Waals surface area contributed by atoms with Crippen LogP contribution in [0.25, 0.3) is 0 Å². The lowest BCUT2D eigenvalue weighted by Crippen LogP contribution is -2.24. The highest BCUT2D eigenvalue weighted by atomic mass is 32.2. The first-order valence-electron chi connectivity index (χ1n) is 7.64. The van der Waals surface area contributed by atoms with E-state index in [2.05, 4.69) is 10.0 Å². The lowest BCUT2D eigenvalue weighted by atomic mass is 10.2. The van der Waals surface area contributed by atoms with Crippen LogP contribution in [0.15, 0.2) is 29.2 Å². The summed E-state index contributed by atoms with van der Waals surface area (Å²) >= 11 is 0. The van der Waals surface area contributed by atoms with Gasteiger partial charge >= 0.3 is 0 Å². The van der Waals surface area contributed by atoms with Crippen LogP contribution in [0.5, 0.6) is 0 Å². The lowest BCUT2D eigenvalue weighted by molar-refractivity contribution is 0.581. The predicted octanol–water partition coefficient (Wildman–Crippen LogP) is 2.31. The fourth-order valence-electron chi connectivity index (χ4n) is 1.93. The molecule has 0 aliphatic rings. The fourth-order valence-corrected chi connectivity index (χ4v) is 3.06. The normalized spacial score (nSPS) is 11.5. The Morgan fingerprint density at radius 2 is 1.67 bits per heavy atom. The third-order valence-corrected chi connectivity index (χ3v) is 4.64. The molecule has 0 amide bonds. The maximum Gasteiger partial charge on any atom is 0.240 e. The summed E-state index contributed by atoms with van der Waals surface area (Å²) in [5.41, 5.74) is 6.39. The molecule has 120 valence electrons. The summed E-state index contributed by atoms with van der Waals surface area (Å²) < 4.78 is 26.4. The van der Waals surface area contributed by atoms with E-state index in [-0.39, 0.29) is 0 Å². The van der Waals surface area contributed by atoms with Crippen LogP contribution in [0, 0.1) is 0 Å². The molecule has 0 aliphatic heterocycles.